The maximum atomic E-state index is 13.6. The monoisotopic (exact) mass is 335 g/mol. The van der Waals surface area contributed by atoms with Crippen LogP contribution in [-0.4, -0.2) is 30.2 Å². The van der Waals surface area contributed by atoms with Crippen molar-refractivity contribution < 1.29 is 9.13 Å². The van der Waals surface area contributed by atoms with Crippen LogP contribution in [0.4, 0.5) is 4.39 Å². The van der Waals surface area contributed by atoms with Crippen LogP contribution in [0.3, 0.4) is 0 Å². The number of hydrogen-bond acceptors (Lipinski definition) is 3. The highest BCUT2D eigenvalue weighted by molar-refractivity contribution is 8.00. The lowest BCUT2D eigenvalue weighted by Crippen LogP contribution is -2.30. The van der Waals surface area contributed by atoms with Crippen molar-refractivity contribution in [3.8, 4) is 0 Å². The molecule has 3 rings (SSSR count). The Balaban J connectivity index is 1.45. The number of nitrogens with one attached hydrogen (secondary N) is 1. The fourth-order valence-corrected chi connectivity index (χ4v) is 4.66. The van der Waals surface area contributed by atoms with Crippen LogP contribution >= 0.6 is 11.8 Å². The van der Waals surface area contributed by atoms with E-state index in [0.717, 1.165) is 30.5 Å². The molecule has 3 atom stereocenters. The largest absolute Gasteiger partial charge is 0.497 e. The molecule has 4 heteroatoms. The van der Waals surface area contributed by atoms with Crippen LogP contribution in [0, 0.1) is 11.8 Å². The molecule has 3 unspecified atom stereocenters. The third-order valence-corrected chi connectivity index (χ3v) is 6.35. The summed E-state index contributed by atoms with van der Waals surface area (Å²) in [5.41, 5.74) is 0. The van der Waals surface area contributed by atoms with E-state index in [0.29, 0.717) is 11.9 Å². The molecule has 2 nitrogen and oxygen atoms in total. The first-order valence-corrected chi connectivity index (χ1v) is 9.57. The predicted molar refractivity (Wildman–Crippen MR) is 96.0 cm³/mol. The van der Waals surface area contributed by atoms with Crippen molar-refractivity contribution in [2.45, 2.75) is 36.7 Å². The van der Waals surface area contributed by atoms with E-state index in [9.17, 15) is 4.39 Å². The van der Waals surface area contributed by atoms with Gasteiger partial charge in [0.25, 0.3) is 0 Å². The van der Waals surface area contributed by atoms with Gasteiger partial charge in [-0.25, -0.2) is 4.39 Å². The van der Waals surface area contributed by atoms with Crippen molar-refractivity contribution in [3.05, 3.63) is 48.0 Å². The minimum absolute atomic E-state index is 0.0436. The van der Waals surface area contributed by atoms with Crippen LogP contribution in [0.25, 0.3) is 0 Å². The van der Waals surface area contributed by atoms with E-state index in [1.54, 1.807) is 12.2 Å². The first-order chi connectivity index (χ1) is 11.2. The van der Waals surface area contributed by atoms with Crippen molar-refractivity contribution in [2.24, 2.45) is 11.8 Å². The Bertz CT molecular complexity index is 519. The Kier molecular flexibility index (Phi) is 6.01. The third kappa shape index (κ3) is 4.74. The van der Waals surface area contributed by atoms with Crippen LogP contribution in [0.15, 0.2) is 48.0 Å². The lowest BCUT2D eigenvalue weighted by atomic mass is 9.90. The molecule has 0 radical (unpaired) electrons. The van der Waals surface area contributed by atoms with Gasteiger partial charge >= 0.3 is 0 Å². The molecule has 3 aliphatic rings. The van der Waals surface area contributed by atoms with E-state index in [-0.39, 0.29) is 17.7 Å². The van der Waals surface area contributed by atoms with Gasteiger partial charge in [0.1, 0.15) is 5.83 Å². The van der Waals surface area contributed by atoms with Gasteiger partial charge in [0.05, 0.1) is 12.4 Å². The van der Waals surface area contributed by atoms with E-state index >= 15 is 0 Å². The van der Waals surface area contributed by atoms with Crippen molar-refractivity contribution in [1.82, 2.24) is 5.32 Å². The molecule has 0 aromatic rings. The van der Waals surface area contributed by atoms with Gasteiger partial charge in [-0.2, -0.15) is 11.8 Å². The molecule has 0 amide bonds. The van der Waals surface area contributed by atoms with Crippen LogP contribution in [0.1, 0.15) is 26.2 Å². The van der Waals surface area contributed by atoms with Crippen molar-refractivity contribution in [3.63, 3.8) is 0 Å². The topological polar surface area (TPSA) is 21.3 Å². The van der Waals surface area contributed by atoms with E-state index in [1.165, 1.54) is 12.8 Å². The molecule has 126 valence electrons. The summed E-state index contributed by atoms with van der Waals surface area (Å²) in [6, 6.07) is 0. The summed E-state index contributed by atoms with van der Waals surface area (Å²) in [7, 11) is 0. The molecule has 1 saturated heterocycles. The zero-order valence-corrected chi connectivity index (χ0v) is 14.5. The maximum absolute atomic E-state index is 13.6. The molecule has 1 N–H and O–H groups in total. The second-order valence-corrected chi connectivity index (χ2v) is 8.09. The number of thioether (sulfide) groups is 1. The lowest BCUT2D eigenvalue weighted by molar-refractivity contribution is 0.152. The van der Waals surface area contributed by atoms with Crippen LogP contribution < -0.4 is 5.32 Å². The molecule has 0 saturated carbocycles. The Morgan fingerprint density at radius 2 is 2.00 bits per heavy atom. The molecule has 23 heavy (non-hydrogen) atoms. The van der Waals surface area contributed by atoms with E-state index in [4.69, 9.17) is 4.74 Å². The smallest absolute Gasteiger partial charge is 0.103 e. The molecule has 1 fully saturated rings. The molecule has 0 bridgehead atoms. The average Bonchev–Trinajstić information content (AvgIpc) is 2.57. The summed E-state index contributed by atoms with van der Waals surface area (Å²) in [5.74, 6) is 1.04. The van der Waals surface area contributed by atoms with E-state index in [2.05, 4.69) is 35.3 Å². The van der Waals surface area contributed by atoms with Crippen LogP contribution in [0.5, 0.6) is 0 Å². The minimum atomic E-state index is -0.0837. The molecule has 0 spiro atoms. The molecule has 1 aliphatic heterocycles. The molecular weight excluding hydrogens is 309 g/mol. The Morgan fingerprint density at radius 1 is 1.22 bits per heavy atom. The number of ether oxygens (including phenoxy) is 1. The highest BCUT2D eigenvalue weighted by Gasteiger charge is 2.24. The number of piperidine rings is 1. The Labute approximate surface area is 142 Å². The van der Waals surface area contributed by atoms with Gasteiger partial charge < -0.3 is 10.1 Å². The maximum Gasteiger partial charge on any atom is 0.103 e. The summed E-state index contributed by atoms with van der Waals surface area (Å²) >= 11 is 2.08. The molecule has 2 aliphatic carbocycles. The average molecular weight is 335 g/mol. The fourth-order valence-electron chi connectivity index (χ4n) is 3.22. The van der Waals surface area contributed by atoms with Crippen molar-refractivity contribution in [2.75, 3.05) is 19.7 Å². The third-order valence-electron chi connectivity index (χ3n) is 4.82. The SMILES string of the molecule is CC1C(F)=CC=CC1COC1=CC=CC(SC2CCNCC2)C1. The normalized spacial score (nSPS) is 31.7. The van der Waals surface area contributed by atoms with E-state index in [1.807, 2.05) is 13.0 Å². The highest BCUT2D eigenvalue weighted by atomic mass is 32.2. The minimum Gasteiger partial charge on any atom is -0.497 e. The number of halogens is 1. The number of rotatable bonds is 5. The van der Waals surface area contributed by atoms with Crippen LogP contribution in [0.2, 0.25) is 0 Å². The van der Waals surface area contributed by atoms with Crippen molar-refractivity contribution in [1.29, 1.82) is 0 Å². The van der Waals surface area contributed by atoms with Gasteiger partial charge in [-0.15, -0.1) is 0 Å². The number of allylic oxidation sites excluding steroid dienone is 6. The second-order valence-electron chi connectivity index (χ2n) is 6.55. The first-order valence-electron chi connectivity index (χ1n) is 8.62. The molecular formula is C19H26FNOS. The van der Waals surface area contributed by atoms with Gasteiger partial charge in [-0.1, -0.05) is 31.2 Å². The lowest BCUT2D eigenvalue weighted by Gasteiger charge is -2.28. The summed E-state index contributed by atoms with van der Waals surface area (Å²) in [5, 5.41) is 4.68. The van der Waals surface area contributed by atoms with Gasteiger partial charge in [-0.3, -0.25) is 0 Å². The fraction of sp³-hybridized carbons (Fsp3) is 0.579. The zero-order valence-electron chi connectivity index (χ0n) is 13.7. The number of hydrogen-bond donors (Lipinski definition) is 1. The predicted octanol–water partition coefficient (Wildman–Crippen LogP) is 4.38. The molecule has 0 aromatic carbocycles. The summed E-state index contributed by atoms with van der Waals surface area (Å²) in [6.45, 7) is 4.76. The summed E-state index contributed by atoms with van der Waals surface area (Å²) in [4.78, 5) is 0. The Hall–Kier alpha value is -1.00. The zero-order chi connectivity index (χ0) is 16.1. The van der Waals surface area contributed by atoms with Crippen LogP contribution in [-0.2, 0) is 4.74 Å². The highest BCUT2D eigenvalue weighted by Crippen LogP contribution is 2.33. The van der Waals surface area contributed by atoms with Crippen molar-refractivity contribution >= 4 is 11.8 Å². The van der Waals surface area contributed by atoms with E-state index < -0.39 is 0 Å². The standard InChI is InChI=1S/C19H26FNOS/c1-14-15(4-2-7-19(14)20)13-22-16-5-3-6-18(12-16)23-17-8-10-21-11-9-17/h2-7,14-15,17-18,21H,8-13H2,1H3. The van der Waals surface area contributed by atoms with Gasteiger partial charge in [0.15, 0.2) is 0 Å². The van der Waals surface area contributed by atoms with Gasteiger partial charge in [0.2, 0.25) is 0 Å². The summed E-state index contributed by atoms with van der Waals surface area (Å²) < 4.78 is 19.6. The molecule has 1 heterocycles. The summed E-state index contributed by atoms with van der Waals surface area (Å²) in [6.07, 6.45) is 15.3. The second kappa shape index (κ2) is 8.20. The van der Waals surface area contributed by atoms with Gasteiger partial charge in [0, 0.05) is 28.8 Å². The van der Waals surface area contributed by atoms with Gasteiger partial charge in [-0.05, 0) is 38.1 Å². The molecule has 0 aromatic heterocycles. The Morgan fingerprint density at radius 3 is 2.83 bits per heavy atom. The quantitative estimate of drug-likeness (QED) is 0.806. The first kappa shape index (κ1) is 16.8.